The molecule has 0 saturated heterocycles. The summed E-state index contributed by atoms with van der Waals surface area (Å²) < 4.78 is 24.9. The summed E-state index contributed by atoms with van der Waals surface area (Å²) >= 11 is 0. The molecule has 8 nitrogen and oxygen atoms in total. The molecule has 0 unspecified atom stereocenters. The Bertz CT molecular complexity index is 907. The van der Waals surface area contributed by atoms with E-state index in [0.29, 0.717) is 30.5 Å². The first kappa shape index (κ1) is 24.1. The summed E-state index contributed by atoms with van der Waals surface area (Å²) in [6.07, 6.45) is 3.70. The molecule has 154 valence electrons. The molecule has 0 aliphatic carbocycles. The van der Waals surface area contributed by atoms with Crippen LogP contribution in [0.2, 0.25) is 0 Å². The number of aromatic nitrogens is 3. The number of aryl methyl sites for hydroxylation is 1. The number of nitrogens with zero attached hydrogens (tertiary/aromatic N) is 4. The van der Waals surface area contributed by atoms with Crippen LogP contribution in [0.1, 0.15) is 17.2 Å². The molecule has 0 fully saturated rings. The Balaban J connectivity index is 0.00000392. The summed E-state index contributed by atoms with van der Waals surface area (Å²) in [4.78, 5) is 4.85. The second-order valence-corrected chi connectivity index (χ2v) is 8.17. The summed E-state index contributed by atoms with van der Waals surface area (Å²) in [6, 6.07) is 6.92. The first-order chi connectivity index (χ1) is 12.8. The van der Waals surface area contributed by atoms with E-state index in [1.54, 1.807) is 18.2 Å². The lowest BCUT2D eigenvalue weighted by Gasteiger charge is -2.11. The van der Waals surface area contributed by atoms with Gasteiger partial charge in [0.05, 0.1) is 4.90 Å². The van der Waals surface area contributed by atoms with Gasteiger partial charge in [-0.05, 0) is 31.0 Å². The van der Waals surface area contributed by atoms with Gasteiger partial charge >= 0.3 is 0 Å². The summed E-state index contributed by atoms with van der Waals surface area (Å²) in [5, 5.41) is 14.6. The van der Waals surface area contributed by atoms with Crippen LogP contribution < -0.4 is 10.6 Å². The highest BCUT2D eigenvalue weighted by Gasteiger charge is 2.07. The summed E-state index contributed by atoms with van der Waals surface area (Å²) in [5.74, 6) is 2.28. The average molecular weight is 518 g/mol. The van der Waals surface area contributed by atoms with E-state index < -0.39 is 9.84 Å². The zero-order chi connectivity index (χ0) is 19.9. The minimum absolute atomic E-state index is 0. The van der Waals surface area contributed by atoms with Gasteiger partial charge in [0.1, 0.15) is 12.4 Å². The fraction of sp³-hybridized carbons (Fsp3) is 0.389. The van der Waals surface area contributed by atoms with Gasteiger partial charge in [0.2, 0.25) is 0 Å². The zero-order valence-electron chi connectivity index (χ0n) is 16.3. The van der Waals surface area contributed by atoms with Crippen LogP contribution >= 0.6 is 24.0 Å². The van der Waals surface area contributed by atoms with Crippen LogP contribution in [-0.4, -0.2) is 48.5 Å². The Labute approximate surface area is 183 Å². The number of rotatable bonds is 8. The van der Waals surface area contributed by atoms with Crippen LogP contribution in [0.3, 0.4) is 0 Å². The van der Waals surface area contributed by atoms with Crippen LogP contribution in [0, 0.1) is 6.92 Å². The minimum Gasteiger partial charge on any atom is -0.356 e. The lowest BCUT2D eigenvalue weighted by Crippen LogP contribution is -2.38. The van der Waals surface area contributed by atoms with Crippen LogP contribution in [-0.2, 0) is 29.9 Å². The van der Waals surface area contributed by atoms with Gasteiger partial charge in [0.15, 0.2) is 21.6 Å². The molecule has 1 aromatic carbocycles. The van der Waals surface area contributed by atoms with Crippen molar-refractivity contribution in [2.45, 2.75) is 24.8 Å². The topological polar surface area (TPSA) is 101 Å². The molecule has 28 heavy (non-hydrogen) atoms. The molecule has 0 saturated carbocycles. The molecule has 0 radical (unpaired) electrons. The van der Waals surface area contributed by atoms with Crippen molar-refractivity contribution >= 4 is 39.8 Å². The minimum atomic E-state index is -3.17. The van der Waals surface area contributed by atoms with Gasteiger partial charge in [-0.3, -0.25) is 0 Å². The van der Waals surface area contributed by atoms with E-state index in [-0.39, 0.29) is 24.0 Å². The Hall–Kier alpha value is -1.95. The Kier molecular flexibility index (Phi) is 9.59. The van der Waals surface area contributed by atoms with Crippen molar-refractivity contribution in [1.29, 1.82) is 0 Å². The van der Waals surface area contributed by atoms with E-state index in [4.69, 9.17) is 0 Å². The second kappa shape index (κ2) is 11.1. The van der Waals surface area contributed by atoms with Gasteiger partial charge in [0, 0.05) is 26.4 Å². The zero-order valence-corrected chi connectivity index (χ0v) is 19.5. The van der Waals surface area contributed by atoms with Crippen LogP contribution in [0.15, 0.2) is 46.8 Å². The number of benzene rings is 1. The van der Waals surface area contributed by atoms with Gasteiger partial charge in [0.25, 0.3) is 0 Å². The Morgan fingerprint density at radius 2 is 1.93 bits per heavy atom. The van der Waals surface area contributed by atoms with E-state index in [9.17, 15) is 8.42 Å². The number of sulfone groups is 1. The van der Waals surface area contributed by atoms with Gasteiger partial charge < -0.3 is 15.2 Å². The van der Waals surface area contributed by atoms with Crippen LogP contribution in [0.25, 0.3) is 0 Å². The normalized spacial score (nSPS) is 11.6. The van der Waals surface area contributed by atoms with E-state index >= 15 is 0 Å². The van der Waals surface area contributed by atoms with Gasteiger partial charge in [-0.15, -0.1) is 40.8 Å². The maximum atomic E-state index is 11.5. The third-order valence-electron chi connectivity index (χ3n) is 4.03. The predicted molar refractivity (Wildman–Crippen MR) is 122 cm³/mol. The predicted octanol–water partition coefficient (Wildman–Crippen LogP) is 1.61. The summed E-state index contributed by atoms with van der Waals surface area (Å²) in [5.41, 5.74) is 1.04. The van der Waals surface area contributed by atoms with E-state index in [1.165, 1.54) is 6.26 Å². The fourth-order valence-corrected chi connectivity index (χ4v) is 2.94. The highest BCUT2D eigenvalue weighted by Crippen LogP contribution is 2.10. The van der Waals surface area contributed by atoms with Crippen molar-refractivity contribution < 1.29 is 8.42 Å². The van der Waals surface area contributed by atoms with Crippen molar-refractivity contribution in [3.05, 3.63) is 54.1 Å². The molecule has 2 aromatic rings. The number of hydrogen-bond acceptors (Lipinski definition) is 5. The first-order valence-corrected chi connectivity index (χ1v) is 10.5. The summed E-state index contributed by atoms with van der Waals surface area (Å²) in [7, 11) is -1.26. The van der Waals surface area contributed by atoms with Gasteiger partial charge in [-0.1, -0.05) is 18.2 Å². The standard InChI is InChI=1S/C18H26N6O2S.HI/c1-5-11-19-18(21-13-17-23-22-14(2)24(17)3)20-12-10-15-6-8-16(9-7-15)27(4,25)26;/h5-9H,1,10-13H2,2-4H3,(H2,19,20,21);1H. The van der Waals surface area contributed by atoms with Crippen molar-refractivity contribution in [2.24, 2.45) is 12.0 Å². The summed E-state index contributed by atoms with van der Waals surface area (Å²) in [6.45, 7) is 7.25. The molecule has 10 heteroatoms. The molecule has 0 spiro atoms. The second-order valence-electron chi connectivity index (χ2n) is 6.15. The van der Waals surface area contributed by atoms with Crippen molar-refractivity contribution in [1.82, 2.24) is 25.4 Å². The van der Waals surface area contributed by atoms with Gasteiger partial charge in [-0.25, -0.2) is 13.4 Å². The highest BCUT2D eigenvalue weighted by atomic mass is 127. The largest absolute Gasteiger partial charge is 0.356 e. The molecule has 0 amide bonds. The maximum absolute atomic E-state index is 11.5. The smallest absolute Gasteiger partial charge is 0.191 e. The highest BCUT2D eigenvalue weighted by molar-refractivity contribution is 14.0. The lowest BCUT2D eigenvalue weighted by molar-refractivity contribution is 0.602. The van der Waals surface area contributed by atoms with Crippen molar-refractivity contribution in [3.8, 4) is 0 Å². The monoisotopic (exact) mass is 518 g/mol. The number of nitrogens with one attached hydrogen (secondary N) is 2. The Morgan fingerprint density at radius 1 is 1.25 bits per heavy atom. The van der Waals surface area contributed by atoms with Crippen LogP contribution in [0.4, 0.5) is 0 Å². The van der Waals surface area contributed by atoms with Crippen molar-refractivity contribution in [3.63, 3.8) is 0 Å². The number of halogens is 1. The fourth-order valence-electron chi connectivity index (χ4n) is 2.31. The van der Waals surface area contributed by atoms with Crippen LogP contribution in [0.5, 0.6) is 0 Å². The van der Waals surface area contributed by atoms with Gasteiger partial charge in [-0.2, -0.15) is 0 Å². The average Bonchev–Trinajstić information content (AvgIpc) is 2.95. The molecule has 0 aliphatic heterocycles. The third kappa shape index (κ3) is 7.23. The van der Waals surface area contributed by atoms with Crippen molar-refractivity contribution in [2.75, 3.05) is 19.3 Å². The molecule has 2 rings (SSSR count). The lowest BCUT2D eigenvalue weighted by atomic mass is 10.1. The molecule has 2 N–H and O–H groups in total. The van der Waals surface area contributed by atoms with E-state index in [2.05, 4.69) is 32.4 Å². The molecular weight excluding hydrogens is 491 g/mol. The molecule has 1 aromatic heterocycles. The molecule has 0 aliphatic rings. The number of aliphatic imine (C=N–C) groups is 1. The molecule has 0 atom stereocenters. The maximum Gasteiger partial charge on any atom is 0.191 e. The molecular formula is C18H27IN6O2S. The quantitative estimate of drug-likeness (QED) is 0.239. The first-order valence-electron chi connectivity index (χ1n) is 8.58. The van der Waals surface area contributed by atoms with E-state index in [0.717, 1.165) is 23.6 Å². The van der Waals surface area contributed by atoms with E-state index in [1.807, 2.05) is 30.7 Å². The Morgan fingerprint density at radius 3 is 2.46 bits per heavy atom. The molecule has 1 heterocycles. The SMILES string of the molecule is C=CCNC(=NCc1nnc(C)n1C)NCCc1ccc(S(C)(=O)=O)cc1.I. The number of guanidine groups is 1. The molecule has 0 bridgehead atoms. The number of hydrogen-bond donors (Lipinski definition) is 2. The third-order valence-corrected chi connectivity index (χ3v) is 5.16.